The maximum absolute atomic E-state index is 8.41. The average Bonchev–Trinajstić information content (AvgIpc) is 2.26. The molecule has 1 fully saturated rings. The van der Waals surface area contributed by atoms with Gasteiger partial charge in [0.05, 0.1) is 19.3 Å². The molecule has 1 rings (SSSR count). The molecule has 6 heteroatoms. The molecule has 1 aliphatic rings. The van der Waals surface area contributed by atoms with E-state index in [1.165, 1.54) is 0 Å². The Morgan fingerprint density at radius 1 is 1.79 bits per heavy atom. The summed E-state index contributed by atoms with van der Waals surface area (Å²) in [6.45, 7) is 6.21. The third kappa shape index (κ3) is 3.49. The minimum absolute atomic E-state index is 0.0298. The van der Waals surface area contributed by atoms with E-state index < -0.39 is 0 Å². The third-order valence-electron chi connectivity index (χ3n) is 2.25. The SMILES string of the molecule is CCN1CCOC(CN=C(N)NO)C1. The van der Waals surface area contributed by atoms with E-state index in [9.17, 15) is 0 Å². The number of morpholine rings is 1. The molecule has 1 heterocycles. The van der Waals surface area contributed by atoms with Crippen LogP contribution >= 0.6 is 0 Å². The molecule has 1 aliphatic heterocycles. The minimum Gasteiger partial charge on any atom is -0.374 e. The van der Waals surface area contributed by atoms with Crippen LogP contribution in [0.5, 0.6) is 0 Å². The van der Waals surface area contributed by atoms with Gasteiger partial charge in [0.25, 0.3) is 0 Å². The quantitative estimate of drug-likeness (QED) is 0.311. The summed E-state index contributed by atoms with van der Waals surface area (Å²) in [5.74, 6) is 0.0298. The lowest BCUT2D eigenvalue weighted by atomic mass is 10.3. The van der Waals surface area contributed by atoms with Gasteiger partial charge in [-0.3, -0.25) is 10.1 Å². The molecule has 0 saturated carbocycles. The summed E-state index contributed by atoms with van der Waals surface area (Å²) in [6.07, 6.45) is 0.0793. The molecule has 0 amide bonds. The summed E-state index contributed by atoms with van der Waals surface area (Å²) < 4.78 is 5.49. The second-order valence-electron chi connectivity index (χ2n) is 3.22. The first-order chi connectivity index (χ1) is 6.76. The van der Waals surface area contributed by atoms with E-state index in [1.54, 1.807) is 5.48 Å². The van der Waals surface area contributed by atoms with Gasteiger partial charge in [-0.1, -0.05) is 6.92 Å². The Bertz CT molecular complexity index is 198. The van der Waals surface area contributed by atoms with Crippen LogP contribution in [-0.2, 0) is 4.74 Å². The summed E-state index contributed by atoms with van der Waals surface area (Å²) in [7, 11) is 0. The van der Waals surface area contributed by atoms with E-state index in [2.05, 4.69) is 16.8 Å². The van der Waals surface area contributed by atoms with Gasteiger partial charge in [0, 0.05) is 13.1 Å². The first-order valence-corrected chi connectivity index (χ1v) is 4.80. The van der Waals surface area contributed by atoms with Crippen molar-refractivity contribution in [3.8, 4) is 0 Å². The van der Waals surface area contributed by atoms with Crippen molar-refractivity contribution in [1.82, 2.24) is 10.4 Å². The van der Waals surface area contributed by atoms with Crippen molar-refractivity contribution >= 4 is 5.96 Å². The number of rotatable bonds is 3. The van der Waals surface area contributed by atoms with Crippen molar-refractivity contribution in [2.75, 3.05) is 32.8 Å². The number of hydrogen-bond donors (Lipinski definition) is 3. The first kappa shape index (κ1) is 11.2. The summed E-state index contributed by atoms with van der Waals surface area (Å²) in [6, 6.07) is 0. The van der Waals surface area contributed by atoms with Crippen LogP contribution in [-0.4, -0.2) is 55.0 Å². The van der Waals surface area contributed by atoms with Crippen molar-refractivity contribution in [3.63, 3.8) is 0 Å². The van der Waals surface area contributed by atoms with Crippen LogP contribution in [0.4, 0.5) is 0 Å². The normalized spacial score (nSPS) is 25.0. The van der Waals surface area contributed by atoms with E-state index in [0.717, 1.165) is 26.2 Å². The second kappa shape index (κ2) is 5.79. The van der Waals surface area contributed by atoms with Crippen LogP contribution in [0, 0.1) is 0 Å². The fraction of sp³-hybridized carbons (Fsp3) is 0.875. The van der Waals surface area contributed by atoms with Gasteiger partial charge in [0.15, 0.2) is 0 Å². The standard InChI is InChI=1S/C8H18N4O2/c1-2-12-3-4-14-7(6-12)5-10-8(9)11-13/h7,13H,2-6H2,1H3,(H3,9,10,11). The highest BCUT2D eigenvalue weighted by Gasteiger charge is 2.18. The van der Waals surface area contributed by atoms with Gasteiger partial charge in [-0.2, -0.15) is 0 Å². The number of ether oxygens (including phenoxy) is 1. The van der Waals surface area contributed by atoms with Crippen LogP contribution in [0.25, 0.3) is 0 Å². The number of likely N-dealkylation sites (N-methyl/N-ethyl adjacent to an activating group) is 1. The van der Waals surface area contributed by atoms with Crippen molar-refractivity contribution in [1.29, 1.82) is 0 Å². The predicted octanol–water partition coefficient (Wildman–Crippen LogP) is -0.999. The highest BCUT2D eigenvalue weighted by Crippen LogP contribution is 2.04. The molecule has 1 unspecified atom stereocenters. The molecule has 0 aromatic rings. The summed E-state index contributed by atoms with van der Waals surface area (Å²) in [5, 5.41) is 8.41. The number of nitrogens with zero attached hydrogens (tertiary/aromatic N) is 2. The Hall–Kier alpha value is -0.850. The summed E-state index contributed by atoms with van der Waals surface area (Å²) in [4.78, 5) is 6.21. The Morgan fingerprint density at radius 3 is 3.21 bits per heavy atom. The maximum atomic E-state index is 8.41. The lowest BCUT2D eigenvalue weighted by molar-refractivity contribution is -0.0210. The second-order valence-corrected chi connectivity index (χ2v) is 3.22. The average molecular weight is 202 g/mol. The maximum Gasteiger partial charge on any atom is 0.212 e. The van der Waals surface area contributed by atoms with Crippen LogP contribution < -0.4 is 11.2 Å². The Morgan fingerprint density at radius 2 is 2.57 bits per heavy atom. The number of nitrogens with two attached hydrogens (primary N) is 1. The minimum atomic E-state index is 0.0298. The summed E-state index contributed by atoms with van der Waals surface area (Å²) >= 11 is 0. The Kier molecular flexibility index (Phi) is 4.64. The van der Waals surface area contributed by atoms with Gasteiger partial charge in [-0.15, -0.1) is 0 Å². The van der Waals surface area contributed by atoms with Crippen LogP contribution in [0.3, 0.4) is 0 Å². The number of aliphatic imine (C=N–C) groups is 1. The highest BCUT2D eigenvalue weighted by molar-refractivity contribution is 5.76. The molecule has 0 aliphatic carbocycles. The zero-order valence-electron chi connectivity index (χ0n) is 8.44. The van der Waals surface area contributed by atoms with Crippen LogP contribution in [0.2, 0.25) is 0 Å². The van der Waals surface area contributed by atoms with Gasteiger partial charge in [-0.25, -0.2) is 10.5 Å². The summed E-state index contributed by atoms with van der Waals surface area (Å²) in [5.41, 5.74) is 7.07. The number of nitrogens with one attached hydrogen (secondary N) is 1. The van der Waals surface area contributed by atoms with Crippen LogP contribution in [0.15, 0.2) is 4.99 Å². The molecule has 0 bridgehead atoms. The molecule has 0 aromatic carbocycles. The van der Waals surface area contributed by atoms with Gasteiger partial charge in [0.1, 0.15) is 0 Å². The Balaban J connectivity index is 2.30. The van der Waals surface area contributed by atoms with Gasteiger partial charge in [-0.05, 0) is 6.54 Å². The fourth-order valence-electron chi connectivity index (χ4n) is 1.41. The topological polar surface area (TPSA) is 83.1 Å². The van der Waals surface area contributed by atoms with Crippen molar-refractivity contribution in [3.05, 3.63) is 0 Å². The molecule has 82 valence electrons. The molecular formula is C8H18N4O2. The van der Waals surface area contributed by atoms with E-state index in [-0.39, 0.29) is 12.1 Å². The monoisotopic (exact) mass is 202 g/mol. The molecule has 4 N–H and O–H groups in total. The molecule has 1 atom stereocenters. The third-order valence-corrected chi connectivity index (χ3v) is 2.25. The zero-order chi connectivity index (χ0) is 10.4. The molecule has 0 aromatic heterocycles. The van der Waals surface area contributed by atoms with E-state index in [1.807, 2.05) is 0 Å². The van der Waals surface area contributed by atoms with Gasteiger partial charge in [0.2, 0.25) is 5.96 Å². The van der Waals surface area contributed by atoms with E-state index >= 15 is 0 Å². The van der Waals surface area contributed by atoms with Crippen molar-refractivity contribution in [2.24, 2.45) is 10.7 Å². The van der Waals surface area contributed by atoms with Gasteiger partial charge >= 0.3 is 0 Å². The van der Waals surface area contributed by atoms with E-state index in [4.69, 9.17) is 15.7 Å². The fourth-order valence-corrected chi connectivity index (χ4v) is 1.41. The van der Waals surface area contributed by atoms with Crippen molar-refractivity contribution in [2.45, 2.75) is 13.0 Å². The smallest absolute Gasteiger partial charge is 0.212 e. The van der Waals surface area contributed by atoms with Crippen molar-refractivity contribution < 1.29 is 9.94 Å². The molecular weight excluding hydrogens is 184 g/mol. The molecule has 14 heavy (non-hydrogen) atoms. The zero-order valence-corrected chi connectivity index (χ0v) is 8.44. The Labute approximate surface area is 83.7 Å². The first-order valence-electron chi connectivity index (χ1n) is 4.80. The molecule has 1 saturated heterocycles. The highest BCUT2D eigenvalue weighted by atomic mass is 16.5. The largest absolute Gasteiger partial charge is 0.374 e. The lowest BCUT2D eigenvalue weighted by Crippen LogP contribution is -2.44. The lowest BCUT2D eigenvalue weighted by Gasteiger charge is -2.31. The van der Waals surface area contributed by atoms with E-state index in [0.29, 0.717) is 6.54 Å². The predicted molar refractivity (Wildman–Crippen MR) is 53.3 cm³/mol. The number of guanidine groups is 1. The number of hydrogen-bond acceptors (Lipinski definition) is 4. The number of hydroxylamine groups is 1. The molecule has 0 radical (unpaired) electrons. The molecule has 6 nitrogen and oxygen atoms in total. The molecule has 0 spiro atoms. The van der Waals surface area contributed by atoms with Gasteiger partial charge < -0.3 is 10.5 Å². The van der Waals surface area contributed by atoms with Crippen LogP contribution in [0.1, 0.15) is 6.92 Å².